The maximum atomic E-state index is 10.8. The molecular formula is C11H14N4O2S. The van der Waals surface area contributed by atoms with Crippen LogP contribution in [0.2, 0.25) is 0 Å². The minimum Gasteiger partial charge on any atom is -0.476 e. The molecule has 0 bridgehead atoms. The first-order chi connectivity index (χ1) is 8.68. The van der Waals surface area contributed by atoms with E-state index in [0.29, 0.717) is 11.5 Å². The Bertz CT molecular complexity index is 535. The third-order valence-electron chi connectivity index (χ3n) is 2.61. The van der Waals surface area contributed by atoms with Crippen LogP contribution in [0.3, 0.4) is 0 Å². The van der Waals surface area contributed by atoms with E-state index in [9.17, 15) is 4.79 Å². The fourth-order valence-corrected chi connectivity index (χ4v) is 2.33. The maximum absolute atomic E-state index is 10.8. The minimum absolute atomic E-state index is 0.0968. The number of aromatic carboxylic acids is 1. The predicted octanol–water partition coefficient (Wildman–Crippen LogP) is 1.92. The Morgan fingerprint density at radius 2 is 2.44 bits per heavy atom. The zero-order valence-electron chi connectivity index (χ0n) is 9.93. The van der Waals surface area contributed by atoms with E-state index in [-0.39, 0.29) is 5.69 Å². The molecule has 0 radical (unpaired) electrons. The number of thiazole rings is 1. The van der Waals surface area contributed by atoms with Gasteiger partial charge in [-0.15, -0.1) is 11.3 Å². The lowest BCUT2D eigenvalue weighted by Gasteiger charge is -2.04. The molecule has 0 aliphatic heterocycles. The highest BCUT2D eigenvalue weighted by Gasteiger charge is 2.12. The van der Waals surface area contributed by atoms with Gasteiger partial charge in [-0.25, -0.2) is 9.78 Å². The lowest BCUT2D eigenvalue weighted by atomic mass is 10.1. The van der Waals surface area contributed by atoms with Crippen LogP contribution in [0.5, 0.6) is 0 Å². The summed E-state index contributed by atoms with van der Waals surface area (Å²) in [5.41, 5.74) is 3.91. The normalized spacial score (nSPS) is 10.5. The van der Waals surface area contributed by atoms with Crippen LogP contribution in [-0.2, 0) is 6.42 Å². The Kier molecular flexibility index (Phi) is 3.93. The van der Waals surface area contributed by atoms with E-state index in [1.165, 1.54) is 22.4 Å². The molecule has 18 heavy (non-hydrogen) atoms. The van der Waals surface area contributed by atoms with Gasteiger partial charge >= 0.3 is 5.97 Å². The summed E-state index contributed by atoms with van der Waals surface area (Å²) >= 11 is 1.31. The summed E-state index contributed by atoms with van der Waals surface area (Å²) in [5.74, 6) is -0.996. The van der Waals surface area contributed by atoms with E-state index in [1.54, 1.807) is 0 Å². The van der Waals surface area contributed by atoms with Crippen molar-refractivity contribution in [2.24, 2.45) is 0 Å². The number of nitrogens with zero attached hydrogens (tertiary/aromatic N) is 2. The Morgan fingerprint density at radius 3 is 3.11 bits per heavy atom. The molecule has 3 N–H and O–H groups in total. The third-order valence-corrected chi connectivity index (χ3v) is 3.40. The molecule has 0 unspecified atom stereocenters. The Labute approximate surface area is 108 Å². The first-order valence-electron chi connectivity index (χ1n) is 5.58. The van der Waals surface area contributed by atoms with Crippen LogP contribution in [0.15, 0.2) is 11.7 Å². The molecular weight excluding hydrogens is 252 g/mol. The predicted molar refractivity (Wildman–Crippen MR) is 69.2 cm³/mol. The quantitative estimate of drug-likeness (QED) is 0.695. The van der Waals surface area contributed by atoms with Gasteiger partial charge in [-0.2, -0.15) is 5.10 Å². The highest BCUT2D eigenvalue weighted by atomic mass is 32.1. The van der Waals surface area contributed by atoms with Crippen molar-refractivity contribution in [1.82, 2.24) is 15.2 Å². The number of aryl methyl sites for hydroxylation is 2. The number of hydrogen-bond acceptors (Lipinski definition) is 5. The molecule has 0 saturated heterocycles. The van der Waals surface area contributed by atoms with Gasteiger partial charge in [-0.05, 0) is 25.3 Å². The fraction of sp³-hybridized carbons (Fsp3) is 0.364. The molecule has 96 valence electrons. The van der Waals surface area contributed by atoms with Crippen molar-refractivity contribution < 1.29 is 9.90 Å². The number of carboxylic acid groups (broad SMARTS) is 1. The van der Waals surface area contributed by atoms with Gasteiger partial charge in [0, 0.05) is 12.2 Å². The van der Waals surface area contributed by atoms with Crippen molar-refractivity contribution in [3.63, 3.8) is 0 Å². The van der Waals surface area contributed by atoms with Gasteiger partial charge in [-0.3, -0.25) is 5.10 Å². The highest BCUT2D eigenvalue weighted by molar-refractivity contribution is 7.14. The van der Waals surface area contributed by atoms with Crippen LogP contribution in [0, 0.1) is 6.92 Å². The SMILES string of the molecule is Cc1[nH]ncc1CCCNc1scnc1C(=O)O. The van der Waals surface area contributed by atoms with Gasteiger partial charge in [0.05, 0.1) is 11.7 Å². The molecule has 2 aromatic heterocycles. The van der Waals surface area contributed by atoms with Crippen molar-refractivity contribution in [3.05, 3.63) is 28.7 Å². The summed E-state index contributed by atoms with van der Waals surface area (Å²) in [5, 5.41) is 19.5. The number of hydrogen-bond donors (Lipinski definition) is 3. The van der Waals surface area contributed by atoms with E-state index >= 15 is 0 Å². The average molecular weight is 266 g/mol. The standard InChI is InChI=1S/C11H14N4O2S/c1-7-8(5-14-15-7)3-2-4-12-10-9(11(16)17)13-6-18-10/h5-6,12H,2-4H2,1H3,(H,14,15)(H,16,17). The van der Waals surface area contributed by atoms with Crippen LogP contribution >= 0.6 is 11.3 Å². The molecule has 2 rings (SSSR count). The van der Waals surface area contributed by atoms with E-state index in [2.05, 4.69) is 20.5 Å². The molecule has 0 amide bonds. The molecule has 7 heteroatoms. The Morgan fingerprint density at radius 1 is 1.61 bits per heavy atom. The van der Waals surface area contributed by atoms with Gasteiger partial charge < -0.3 is 10.4 Å². The van der Waals surface area contributed by atoms with Crippen molar-refractivity contribution >= 4 is 22.3 Å². The molecule has 6 nitrogen and oxygen atoms in total. The molecule has 2 aromatic rings. The summed E-state index contributed by atoms with van der Waals surface area (Å²) in [7, 11) is 0. The fourth-order valence-electron chi connectivity index (χ4n) is 1.63. The van der Waals surface area contributed by atoms with Crippen molar-refractivity contribution in [2.75, 3.05) is 11.9 Å². The van der Waals surface area contributed by atoms with E-state index in [1.807, 2.05) is 13.1 Å². The van der Waals surface area contributed by atoms with Crippen molar-refractivity contribution in [2.45, 2.75) is 19.8 Å². The number of carbonyl (C=O) groups is 1. The van der Waals surface area contributed by atoms with Crippen LogP contribution < -0.4 is 5.32 Å². The summed E-state index contributed by atoms with van der Waals surface area (Å²) < 4.78 is 0. The summed E-state index contributed by atoms with van der Waals surface area (Å²) in [6.07, 6.45) is 3.65. The Hall–Kier alpha value is -1.89. The van der Waals surface area contributed by atoms with Crippen molar-refractivity contribution in [1.29, 1.82) is 0 Å². The van der Waals surface area contributed by atoms with E-state index in [0.717, 1.165) is 18.5 Å². The number of nitrogens with one attached hydrogen (secondary N) is 2. The minimum atomic E-state index is -0.996. The van der Waals surface area contributed by atoms with Gasteiger partial charge in [0.1, 0.15) is 5.00 Å². The summed E-state index contributed by atoms with van der Waals surface area (Å²) in [4.78, 5) is 14.6. The number of aromatic nitrogens is 3. The number of anilines is 1. The molecule has 0 fully saturated rings. The lowest BCUT2D eigenvalue weighted by Crippen LogP contribution is -2.06. The Balaban J connectivity index is 1.80. The number of carboxylic acids is 1. The molecule has 0 aliphatic rings. The van der Waals surface area contributed by atoms with Gasteiger partial charge in [-0.1, -0.05) is 0 Å². The maximum Gasteiger partial charge on any atom is 0.357 e. The van der Waals surface area contributed by atoms with E-state index in [4.69, 9.17) is 5.11 Å². The topological polar surface area (TPSA) is 90.9 Å². The molecule has 2 heterocycles. The highest BCUT2D eigenvalue weighted by Crippen LogP contribution is 2.20. The monoisotopic (exact) mass is 266 g/mol. The second-order valence-electron chi connectivity index (χ2n) is 3.89. The van der Waals surface area contributed by atoms with Crippen LogP contribution in [-0.4, -0.2) is 32.8 Å². The molecule has 0 atom stereocenters. The second-order valence-corrected chi connectivity index (χ2v) is 4.74. The first-order valence-corrected chi connectivity index (χ1v) is 6.46. The first kappa shape index (κ1) is 12.6. The van der Waals surface area contributed by atoms with Crippen LogP contribution in [0.4, 0.5) is 5.00 Å². The van der Waals surface area contributed by atoms with Gasteiger partial charge in [0.2, 0.25) is 0 Å². The summed E-state index contributed by atoms with van der Waals surface area (Å²) in [6, 6.07) is 0. The molecule has 0 aliphatic carbocycles. The summed E-state index contributed by atoms with van der Waals surface area (Å²) in [6.45, 7) is 2.70. The number of H-pyrrole nitrogens is 1. The van der Waals surface area contributed by atoms with Gasteiger partial charge in [0.15, 0.2) is 5.69 Å². The lowest BCUT2D eigenvalue weighted by molar-refractivity contribution is 0.0692. The van der Waals surface area contributed by atoms with Crippen LogP contribution in [0.25, 0.3) is 0 Å². The zero-order valence-corrected chi connectivity index (χ0v) is 10.8. The van der Waals surface area contributed by atoms with Crippen molar-refractivity contribution in [3.8, 4) is 0 Å². The number of rotatable bonds is 6. The van der Waals surface area contributed by atoms with Crippen LogP contribution in [0.1, 0.15) is 28.2 Å². The number of aromatic amines is 1. The third kappa shape index (κ3) is 2.86. The van der Waals surface area contributed by atoms with E-state index < -0.39 is 5.97 Å². The molecule has 0 aromatic carbocycles. The zero-order chi connectivity index (χ0) is 13.0. The van der Waals surface area contributed by atoms with Gasteiger partial charge in [0.25, 0.3) is 0 Å². The smallest absolute Gasteiger partial charge is 0.357 e. The average Bonchev–Trinajstić information content (AvgIpc) is 2.94. The molecule has 0 saturated carbocycles. The largest absolute Gasteiger partial charge is 0.476 e. The second kappa shape index (κ2) is 5.63. The molecule has 0 spiro atoms.